The van der Waals surface area contributed by atoms with Gasteiger partial charge in [0.15, 0.2) is 0 Å². The summed E-state index contributed by atoms with van der Waals surface area (Å²) in [6, 6.07) is 5.09. The van der Waals surface area contributed by atoms with Crippen molar-refractivity contribution in [3.8, 4) is 0 Å². The third-order valence-electron chi connectivity index (χ3n) is 2.23. The van der Waals surface area contributed by atoms with E-state index in [0.29, 0.717) is 12.1 Å². The number of aryl methyl sites for hydroxylation is 1. The molecule has 0 saturated heterocycles. The number of rotatable bonds is 3. The van der Waals surface area contributed by atoms with Crippen molar-refractivity contribution in [3.05, 3.63) is 40.7 Å². The maximum absolute atomic E-state index is 13.3. The van der Waals surface area contributed by atoms with E-state index in [9.17, 15) is 4.39 Å². The van der Waals surface area contributed by atoms with E-state index in [0.717, 1.165) is 17.6 Å². The summed E-state index contributed by atoms with van der Waals surface area (Å²) in [6.45, 7) is 4.46. The molecule has 0 unspecified atom stereocenters. The minimum atomic E-state index is -0.185. The second-order valence-electron chi connectivity index (χ2n) is 3.39. The molecule has 0 bridgehead atoms. The van der Waals surface area contributed by atoms with Crippen molar-refractivity contribution >= 4 is 6.08 Å². The van der Waals surface area contributed by atoms with Gasteiger partial charge in [-0.2, -0.15) is 0 Å². The van der Waals surface area contributed by atoms with Crippen LogP contribution < -0.4 is 5.73 Å². The first-order chi connectivity index (χ1) is 6.67. The Hall–Kier alpha value is -1.15. The van der Waals surface area contributed by atoms with Crippen molar-refractivity contribution in [1.29, 1.82) is 0 Å². The summed E-state index contributed by atoms with van der Waals surface area (Å²) in [4.78, 5) is 0. The number of hydrogen-bond acceptors (Lipinski definition) is 1. The fourth-order valence-corrected chi connectivity index (χ4v) is 1.30. The molecule has 1 rings (SSSR count). The van der Waals surface area contributed by atoms with E-state index in [1.165, 1.54) is 6.07 Å². The minimum Gasteiger partial charge on any atom is -0.327 e. The van der Waals surface area contributed by atoms with Crippen molar-refractivity contribution in [2.45, 2.75) is 20.3 Å². The number of benzene rings is 1. The minimum absolute atomic E-state index is 0.185. The maximum Gasteiger partial charge on any atom is 0.130 e. The molecule has 0 spiro atoms. The van der Waals surface area contributed by atoms with Gasteiger partial charge < -0.3 is 5.73 Å². The summed E-state index contributed by atoms with van der Waals surface area (Å²) in [6.07, 6.45) is 2.70. The first-order valence-corrected chi connectivity index (χ1v) is 4.83. The second-order valence-corrected chi connectivity index (χ2v) is 3.39. The van der Waals surface area contributed by atoms with Crippen molar-refractivity contribution in [3.63, 3.8) is 0 Å². The van der Waals surface area contributed by atoms with Gasteiger partial charge in [0, 0.05) is 12.1 Å². The zero-order chi connectivity index (χ0) is 10.6. The van der Waals surface area contributed by atoms with Crippen LogP contribution in [0.25, 0.3) is 6.08 Å². The molecule has 14 heavy (non-hydrogen) atoms. The highest BCUT2D eigenvalue weighted by atomic mass is 19.1. The molecule has 1 aromatic rings. The Morgan fingerprint density at radius 1 is 1.50 bits per heavy atom. The van der Waals surface area contributed by atoms with E-state index in [4.69, 9.17) is 5.73 Å². The molecule has 0 aliphatic heterocycles. The normalized spacial score (nSPS) is 11.9. The molecule has 76 valence electrons. The van der Waals surface area contributed by atoms with Gasteiger partial charge in [0.2, 0.25) is 0 Å². The summed E-state index contributed by atoms with van der Waals surface area (Å²) >= 11 is 0. The number of halogens is 1. The Balaban J connectivity index is 3.06. The van der Waals surface area contributed by atoms with Gasteiger partial charge in [0.05, 0.1) is 0 Å². The second kappa shape index (κ2) is 4.91. The van der Waals surface area contributed by atoms with E-state index in [1.807, 2.05) is 26.0 Å². The summed E-state index contributed by atoms with van der Waals surface area (Å²) in [5.41, 5.74) is 8.28. The van der Waals surface area contributed by atoms with Crippen molar-refractivity contribution in [1.82, 2.24) is 0 Å². The van der Waals surface area contributed by atoms with Gasteiger partial charge in [0.1, 0.15) is 5.82 Å². The van der Waals surface area contributed by atoms with E-state index in [1.54, 1.807) is 6.07 Å². The lowest BCUT2D eigenvalue weighted by molar-refractivity contribution is 0.624. The van der Waals surface area contributed by atoms with Gasteiger partial charge >= 0.3 is 0 Å². The summed E-state index contributed by atoms with van der Waals surface area (Å²) in [5.74, 6) is -0.185. The quantitative estimate of drug-likeness (QED) is 0.784. The molecule has 0 heterocycles. The molecule has 0 amide bonds. The zero-order valence-corrected chi connectivity index (χ0v) is 8.68. The van der Waals surface area contributed by atoms with Crippen LogP contribution in [-0.4, -0.2) is 6.54 Å². The van der Waals surface area contributed by atoms with Crippen LogP contribution in [0.2, 0.25) is 0 Å². The van der Waals surface area contributed by atoms with E-state index >= 15 is 0 Å². The largest absolute Gasteiger partial charge is 0.327 e. The van der Waals surface area contributed by atoms with Crippen LogP contribution >= 0.6 is 0 Å². The van der Waals surface area contributed by atoms with Crippen LogP contribution in [0.15, 0.2) is 23.8 Å². The van der Waals surface area contributed by atoms with Crippen LogP contribution in [0.5, 0.6) is 0 Å². The monoisotopic (exact) mass is 193 g/mol. The fraction of sp³-hybridized carbons (Fsp3) is 0.333. The summed E-state index contributed by atoms with van der Waals surface area (Å²) in [5, 5.41) is 0. The molecular formula is C12H16FN. The smallest absolute Gasteiger partial charge is 0.130 e. The fourth-order valence-electron chi connectivity index (χ4n) is 1.30. The number of hydrogen-bond donors (Lipinski definition) is 1. The third kappa shape index (κ3) is 2.67. The van der Waals surface area contributed by atoms with Gasteiger partial charge in [-0.25, -0.2) is 4.39 Å². The first-order valence-electron chi connectivity index (χ1n) is 4.83. The molecule has 1 nitrogen and oxygen atoms in total. The standard InChI is InChI=1S/C12H16FN/c1-3-10(8-14)7-11-6-9(2)4-5-12(11)13/h4-7H,3,8,14H2,1-2H3/b10-7-. The lowest BCUT2D eigenvalue weighted by atomic mass is 10.1. The van der Waals surface area contributed by atoms with Crippen LogP contribution in [0, 0.1) is 12.7 Å². The molecule has 2 N–H and O–H groups in total. The Morgan fingerprint density at radius 3 is 2.79 bits per heavy atom. The van der Waals surface area contributed by atoms with Crippen molar-refractivity contribution < 1.29 is 4.39 Å². The Labute approximate surface area is 84.4 Å². The molecule has 0 aliphatic rings. The maximum atomic E-state index is 13.3. The lowest BCUT2D eigenvalue weighted by Crippen LogP contribution is -2.02. The molecule has 0 atom stereocenters. The molecule has 0 aromatic heterocycles. The van der Waals surface area contributed by atoms with Gasteiger partial charge in [-0.3, -0.25) is 0 Å². The van der Waals surface area contributed by atoms with Gasteiger partial charge in [-0.15, -0.1) is 0 Å². The highest BCUT2D eigenvalue weighted by molar-refractivity contribution is 5.54. The molecule has 1 aromatic carbocycles. The molecule has 0 fully saturated rings. The Kier molecular flexibility index (Phi) is 3.84. The van der Waals surface area contributed by atoms with E-state index < -0.39 is 0 Å². The third-order valence-corrected chi connectivity index (χ3v) is 2.23. The molecule has 0 saturated carbocycles. The SMILES string of the molecule is CC/C(=C/c1cc(C)ccc1F)CN. The van der Waals surface area contributed by atoms with Crippen LogP contribution in [-0.2, 0) is 0 Å². The Bertz CT molecular complexity index is 336. The van der Waals surface area contributed by atoms with Crippen LogP contribution in [0.4, 0.5) is 4.39 Å². The van der Waals surface area contributed by atoms with Crippen molar-refractivity contribution in [2.24, 2.45) is 5.73 Å². The van der Waals surface area contributed by atoms with Gasteiger partial charge in [-0.1, -0.05) is 30.2 Å². The van der Waals surface area contributed by atoms with Gasteiger partial charge in [-0.05, 0) is 25.5 Å². The predicted molar refractivity (Wildman–Crippen MR) is 58.5 cm³/mol. The van der Waals surface area contributed by atoms with Crippen LogP contribution in [0.1, 0.15) is 24.5 Å². The average Bonchev–Trinajstić information content (AvgIpc) is 2.19. The average molecular weight is 193 g/mol. The lowest BCUT2D eigenvalue weighted by Gasteiger charge is -2.03. The summed E-state index contributed by atoms with van der Waals surface area (Å²) < 4.78 is 13.3. The molecule has 2 heteroatoms. The van der Waals surface area contributed by atoms with Gasteiger partial charge in [0.25, 0.3) is 0 Å². The van der Waals surface area contributed by atoms with E-state index in [-0.39, 0.29) is 5.82 Å². The van der Waals surface area contributed by atoms with E-state index in [2.05, 4.69) is 0 Å². The highest BCUT2D eigenvalue weighted by Crippen LogP contribution is 2.14. The topological polar surface area (TPSA) is 26.0 Å². The highest BCUT2D eigenvalue weighted by Gasteiger charge is 2.00. The molecular weight excluding hydrogens is 177 g/mol. The first kappa shape index (κ1) is 10.9. The summed E-state index contributed by atoms with van der Waals surface area (Å²) in [7, 11) is 0. The van der Waals surface area contributed by atoms with Crippen molar-refractivity contribution in [2.75, 3.05) is 6.54 Å². The predicted octanol–water partition coefficient (Wildman–Crippen LogP) is 2.89. The number of nitrogens with two attached hydrogens (primary N) is 1. The Morgan fingerprint density at radius 2 is 2.21 bits per heavy atom. The van der Waals surface area contributed by atoms with Crippen LogP contribution in [0.3, 0.4) is 0 Å². The molecule has 0 aliphatic carbocycles. The molecule has 0 radical (unpaired) electrons. The zero-order valence-electron chi connectivity index (χ0n) is 8.68.